The first-order valence-electron chi connectivity index (χ1n) is 4.55. The molecule has 3 nitrogen and oxygen atoms in total. The zero-order valence-corrected chi connectivity index (χ0v) is 7.22. The maximum atomic E-state index is 4.07. The van der Waals surface area contributed by atoms with Crippen LogP contribution < -0.4 is 5.32 Å². The third-order valence-electron chi connectivity index (χ3n) is 3.38. The van der Waals surface area contributed by atoms with Crippen LogP contribution in [0.25, 0.3) is 0 Å². The lowest BCUT2D eigenvalue weighted by molar-refractivity contribution is 0.388. The van der Waals surface area contributed by atoms with E-state index in [2.05, 4.69) is 15.5 Å². The van der Waals surface area contributed by atoms with Crippen molar-refractivity contribution in [1.82, 2.24) is 15.5 Å². The molecule has 1 spiro atoms. The third kappa shape index (κ3) is 0.630. The smallest absolute Gasteiger partial charge is 0.0538 e. The monoisotopic (exact) mass is 163 g/mol. The standard InChI is InChI=1S/C9H13N3/c1-10-8-6-5-11-12-7(6)4-9(8)2-3-9/h5,8,10H,2-4H2,1H3,(H,11,12). The number of aromatic nitrogens is 2. The Morgan fingerprint density at radius 3 is 3.17 bits per heavy atom. The summed E-state index contributed by atoms with van der Waals surface area (Å²) in [5.74, 6) is 0. The van der Waals surface area contributed by atoms with E-state index in [1.807, 2.05) is 13.2 Å². The average Bonchev–Trinajstić information content (AvgIpc) is 2.53. The molecular weight excluding hydrogens is 150 g/mol. The lowest BCUT2D eigenvalue weighted by Gasteiger charge is -2.17. The largest absolute Gasteiger partial charge is 0.312 e. The van der Waals surface area contributed by atoms with E-state index < -0.39 is 0 Å². The van der Waals surface area contributed by atoms with E-state index in [0.717, 1.165) is 0 Å². The van der Waals surface area contributed by atoms with Crippen LogP contribution in [0, 0.1) is 5.41 Å². The molecule has 0 aromatic carbocycles. The number of H-pyrrole nitrogens is 1. The van der Waals surface area contributed by atoms with Crippen LogP contribution in [-0.2, 0) is 6.42 Å². The van der Waals surface area contributed by atoms with Crippen LogP contribution in [0.4, 0.5) is 0 Å². The molecule has 1 heterocycles. The Labute approximate surface area is 71.6 Å². The minimum absolute atomic E-state index is 0.561. The first-order valence-corrected chi connectivity index (χ1v) is 4.55. The topological polar surface area (TPSA) is 40.7 Å². The Morgan fingerprint density at radius 1 is 1.67 bits per heavy atom. The van der Waals surface area contributed by atoms with Crippen LogP contribution in [0.3, 0.4) is 0 Å². The van der Waals surface area contributed by atoms with Gasteiger partial charge in [-0.25, -0.2) is 0 Å². The number of nitrogens with one attached hydrogen (secondary N) is 2. The molecule has 1 aromatic rings. The van der Waals surface area contributed by atoms with E-state index in [9.17, 15) is 0 Å². The van der Waals surface area contributed by atoms with Gasteiger partial charge in [-0.05, 0) is 31.7 Å². The van der Waals surface area contributed by atoms with Crippen molar-refractivity contribution in [2.45, 2.75) is 25.3 Å². The van der Waals surface area contributed by atoms with Crippen molar-refractivity contribution in [2.75, 3.05) is 7.05 Å². The first kappa shape index (κ1) is 6.66. The fraction of sp³-hybridized carbons (Fsp3) is 0.667. The molecule has 0 saturated heterocycles. The molecule has 1 aromatic heterocycles. The van der Waals surface area contributed by atoms with Gasteiger partial charge in [0.1, 0.15) is 0 Å². The third-order valence-corrected chi connectivity index (χ3v) is 3.38. The molecule has 12 heavy (non-hydrogen) atoms. The molecule has 1 saturated carbocycles. The number of rotatable bonds is 1. The number of aromatic amines is 1. The van der Waals surface area contributed by atoms with Gasteiger partial charge in [-0.3, -0.25) is 5.10 Å². The van der Waals surface area contributed by atoms with Gasteiger partial charge in [0.15, 0.2) is 0 Å². The Morgan fingerprint density at radius 2 is 2.50 bits per heavy atom. The van der Waals surface area contributed by atoms with Crippen molar-refractivity contribution < 1.29 is 0 Å². The first-order chi connectivity index (χ1) is 5.86. The second kappa shape index (κ2) is 1.91. The number of hydrogen-bond acceptors (Lipinski definition) is 2. The van der Waals surface area contributed by atoms with Crippen LogP contribution in [0.1, 0.15) is 30.1 Å². The van der Waals surface area contributed by atoms with E-state index in [1.54, 1.807) is 0 Å². The summed E-state index contributed by atoms with van der Waals surface area (Å²) in [6.07, 6.45) is 5.93. The van der Waals surface area contributed by atoms with Crippen molar-refractivity contribution in [3.05, 3.63) is 17.5 Å². The maximum absolute atomic E-state index is 4.07. The average molecular weight is 163 g/mol. The normalized spacial score (nSPS) is 29.2. The zero-order chi connectivity index (χ0) is 8.18. The van der Waals surface area contributed by atoms with Crippen molar-refractivity contribution in [3.8, 4) is 0 Å². The van der Waals surface area contributed by atoms with Gasteiger partial charge in [0.05, 0.1) is 6.20 Å². The summed E-state index contributed by atoms with van der Waals surface area (Å²) in [5.41, 5.74) is 3.32. The van der Waals surface area contributed by atoms with Crippen LogP contribution in [0.15, 0.2) is 6.20 Å². The van der Waals surface area contributed by atoms with E-state index in [4.69, 9.17) is 0 Å². The second-order valence-electron chi connectivity index (χ2n) is 4.06. The van der Waals surface area contributed by atoms with Crippen LogP contribution in [-0.4, -0.2) is 17.2 Å². The molecule has 1 atom stereocenters. The van der Waals surface area contributed by atoms with Gasteiger partial charge in [-0.1, -0.05) is 0 Å². The molecule has 2 aliphatic rings. The molecule has 0 radical (unpaired) electrons. The van der Waals surface area contributed by atoms with Crippen LogP contribution in [0.2, 0.25) is 0 Å². The molecule has 1 unspecified atom stereocenters. The Kier molecular flexibility index (Phi) is 1.06. The fourth-order valence-electron chi connectivity index (χ4n) is 2.58. The number of fused-ring (bicyclic) bond motifs is 1. The van der Waals surface area contributed by atoms with Gasteiger partial charge in [-0.2, -0.15) is 5.10 Å². The van der Waals surface area contributed by atoms with E-state index in [1.165, 1.54) is 30.5 Å². The summed E-state index contributed by atoms with van der Waals surface area (Å²) in [4.78, 5) is 0. The SMILES string of the molecule is CNC1c2cn[nH]c2CC12CC2. The molecule has 3 heteroatoms. The van der Waals surface area contributed by atoms with Crippen molar-refractivity contribution in [1.29, 1.82) is 0 Å². The molecular formula is C9H13N3. The van der Waals surface area contributed by atoms with E-state index in [0.29, 0.717) is 11.5 Å². The summed E-state index contributed by atoms with van der Waals surface area (Å²) in [6.45, 7) is 0. The highest BCUT2D eigenvalue weighted by Gasteiger charge is 2.54. The molecule has 2 aliphatic carbocycles. The highest BCUT2D eigenvalue weighted by atomic mass is 15.1. The Hall–Kier alpha value is -0.830. The van der Waals surface area contributed by atoms with Crippen LogP contribution in [0.5, 0.6) is 0 Å². The highest BCUT2D eigenvalue weighted by molar-refractivity contribution is 5.34. The summed E-state index contributed by atoms with van der Waals surface area (Å²) in [7, 11) is 2.05. The molecule has 0 bridgehead atoms. The Balaban J connectivity index is 2.07. The van der Waals surface area contributed by atoms with Gasteiger partial charge >= 0.3 is 0 Å². The summed E-state index contributed by atoms with van der Waals surface area (Å²) in [5, 5.41) is 10.6. The summed E-state index contributed by atoms with van der Waals surface area (Å²) >= 11 is 0. The van der Waals surface area contributed by atoms with Crippen molar-refractivity contribution >= 4 is 0 Å². The predicted octanol–water partition coefficient (Wildman–Crippen LogP) is 1.01. The lowest BCUT2D eigenvalue weighted by atomic mass is 9.98. The van der Waals surface area contributed by atoms with Crippen molar-refractivity contribution in [2.24, 2.45) is 5.41 Å². The van der Waals surface area contributed by atoms with Gasteiger partial charge in [0.25, 0.3) is 0 Å². The number of hydrogen-bond donors (Lipinski definition) is 2. The zero-order valence-electron chi connectivity index (χ0n) is 7.22. The van der Waals surface area contributed by atoms with Gasteiger partial charge in [0.2, 0.25) is 0 Å². The van der Waals surface area contributed by atoms with E-state index in [-0.39, 0.29) is 0 Å². The minimum atomic E-state index is 0.561. The van der Waals surface area contributed by atoms with Gasteiger partial charge in [0, 0.05) is 17.3 Å². The molecule has 0 amide bonds. The summed E-state index contributed by atoms with van der Waals surface area (Å²) < 4.78 is 0. The maximum Gasteiger partial charge on any atom is 0.0538 e. The van der Waals surface area contributed by atoms with E-state index >= 15 is 0 Å². The molecule has 64 valence electrons. The molecule has 3 rings (SSSR count). The summed E-state index contributed by atoms with van der Waals surface area (Å²) in [6, 6.07) is 0.561. The Bertz CT molecular complexity index is 311. The number of nitrogens with zero attached hydrogens (tertiary/aromatic N) is 1. The van der Waals surface area contributed by atoms with Crippen LogP contribution >= 0.6 is 0 Å². The molecule has 2 N–H and O–H groups in total. The molecule has 0 aliphatic heterocycles. The van der Waals surface area contributed by atoms with Gasteiger partial charge in [-0.15, -0.1) is 0 Å². The van der Waals surface area contributed by atoms with Gasteiger partial charge < -0.3 is 5.32 Å². The lowest BCUT2D eigenvalue weighted by Crippen LogP contribution is -2.22. The minimum Gasteiger partial charge on any atom is -0.312 e. The second-order valence-corrected chi connectivity index (χ2v) is 4.06. The molecule has 1 fully saturated rings. The fourth-order valence-corrected chi connectivity index (χ4v) is 2.58. The van der Waals surface area contributed by atoms with Crippen molar-refractivity contribution in [3.63, 3.8) is 0 Å². The quantitative estimate of drug-likeness (QED) is 0.648. The highest BCUT2D eigenvalue weighted by Crippen LogP contribution is 2.61. The predicted molar refractivity (Wildman–Crippen MR) is 45.8 cm³/mol.